The minimum absolute atomic E-state index is 0. The molecule has 1 aliphatic heterocycles. The molecule has 1 fully saturated rings. The van der Waals surface area contributed by atoms with E-state index < -0.39 is 10.0 Å². The van der Waals surface area contributed by atoms with Crippen molar-refractivity contribution in [2.24, 2.45) is 18.0 Å². The van der Waals surface area contributed by atoms with Crippen LogP contribution in [0.5, 0.6) is 0 Å². The monoisotopic (exact) mass is 483 g/mol. The minimum Gasteiger partial charge on any atom is -0.357 e. The molecular weight excluding hydrogens is 453 g/mol. The van der Waals surface area contributed by atoms with Gasteiger partial charge in [0.1, 0.15) is 0 Å². The predicted molar refractivity (Wildman–Crippen MR) is 113 cm³/mol. The number of aryl methyl sites for hydroxylation is 1. The highest BCUT2D eigenvalue weighted by atomic mass is 127. The van der Waals surface area contributed by atoms with Gasteiger partial charge in [-0.05, 0) is 37.3 Å². The summed E-state index contributed by atoms with van der Waals surface area (Å²) in [5, 5.41) is 6.64. The van der Waals surface area contributed by atoms with Gasteiger partial charge in [0.05, 0.1) is 12.8 Å². The van der Waals surface area contributed by atoms with Gasteiger partial charge in [-0.1, -0.05) is 0 Å². The Labute approximate surface area is 168 Å². The molecule has 0 spiro atoms. The maximum absolute atomic E-state index is 11.5. The van der Waals surface area contributed by atoms with Gasteiger partial charge in [-0.2, -0.15) is 0 Å². The maximum atomic E-state index is 11.5. The number of hydrogen-bond acceptors (Lipinski definition) is 3. The lowest BCUT2D eigenvalue weighted by molar-refractivity contribution is 0.275. The molecule has 2 N–H and O–H groups in total. The molecule has 0 bridgehead atoms. The quantitative estimate of drug-likeness (QED) is 0.364. The number of aliphatic imine (C=N–C) groups is 1. The summed E-state index contributed by atoms with van der Waals surface area (Å²) < 4.78 is 26.7. The Hall–Kier alpha value is -0.810. The smallest absolute Gasteiger partial charge is 0.211 e. The summed E-state index contributed by atoms with van der Waals surface area (Å²) in [6.45, 7) is 5.55. The fraction of sp³-hybridized carbons (Fsp3) is 0.688. The summed E-state index contributed by atoms with van der Waals surface area (Å²) in [5.41, 5.74) is 1.18. The lowest BCUT2D eigenvalue weighted by Crippen LogP contribution is -2.44. The Balaban J connectivity index is 0.00000312. The van der Waals surface area contributed by atoms with Crippen molar-refractivity contribution in [1.82, 2.24) is 19.5 Å². The van der Waals surface area contributed by atoms with Gasteiger partial charge in [0.15, 0.2) is 5.96 Å². The van der Waals surface area contributed by atoms with Crippen LogP contribution < -0.4 is 10.6 Å². The summed E-state index contributed by atoms with van der Waals surface area (Å²) in [7, 11) is -1.05. The van der Waals surface area contributed by atoms with Crippen molar-refractivity contribution in [3.05, 3.63) is 24.0 Å². The summed E-state index contributed by atoms with van der Waals surface area (Å²) in [6.07, 6.45) is 7.14. The van der Waals surface area contributed by atoms with Crippen molar-refractivity contribution in [3.8, 4) is 0 Å². The Kier molecular flexibility index (Phi) is 9.22. The molecule has 9 heteroatoms. The Morgan fingerprint density at radius 1 is 1.32 bits per heavy atom. The second kappa shape index (κ2) is 10.4. The topological polar surface area (TPSA) is 78.7 Å². The van der Waals surface area contributed by atoms with E-state index in [0.717, 1.165) is 31.9 Å². The van der Waals surface area contributed by atoms with Crippen LogP contribution in [0, 0.1) is 5.92 Å². The standard InChI is InChI=1S/C16H29N5O2S.HI/c1-4-17-16(19-12-15-5-8-20(2)13-15)18-11-14-6-9-21(10-7-14)24(3,22)23;/h5,8,13-14H,4,6-7,9-12H2,1-3H3,(H2,17,18,19);1H. The molecule has 0 unspecified atom stereocenters. The second-order valence-corrected chi connectivity index (χ2v) is 8.35. The molecule has 0 aliphatic carbocycles. The molecule has 0 atom stereocenters. The highest BCUT2D eigenvalue weighted by molar-refractivity contribution is 14.0. The summed E-state index contributed by atoms with van der Waals surface area (Å²) in [5.74, 6) is 1.29. The van der Waals surface area contributed by atoms with Gasteiger partial charge in [-0.15, -0.1) is 24.0 Å². The zero-order chi connectivity index (χ0) is 17.6. The first-order valence-corrected chi connectivity index (χ1v) is 10.3. The van der Waals surface area contributed by atoms with Gasteiger partial charge in [0.2, 0.25) is 10.0 Å². The molecule has 7 nitrogen and oxygen atoms in total. The third-order valence-electron chi connectivity index (χ3n) is 4.26. The summed E-state index contributed by atoms with van der Waals surface area (Å²) >= 11 is 0. The molecular formula is C16H30IN5O2S. The molecule has 2 rings (SSSR count). The molecule has 1 aromatic heterocycles. The molecule has 1 aromatic rings. The SMILES string of the molecule is CCNC(=NCc1ccn(C)c1)NCC1CCN(S(C)(=O)=O)CC1.I. The number of hydrogen-bond donors (Lipinski definition) is 2. The van der Waals surface area contributed by atoms with Crippen molar-refractivity contribution in [3.63, 3.8) is 0 Å². The van der Waals surface area contributed by atoms with Crippen LogP contribution in [0.4, 0.5) is 0 Å². The average Bonchev–Trinajstić information content (AvgIpc) is 2.95. The van der Waals surface area contributed by atoms with Crippen molar-refractivity contribution in [1.29, 1.82) is 0 Å². The van der Waals surface area contributed by atoms with Crippen molar-refractivity contribution >= 4 is 40.0 Å². The number of guanidine groups is 1. The third-order valence-corrected chi connectivity index (χ3v) is 5.56. The lowest BCUT2D eigenvalue weighted by atomic mass is 9.98. The number of nitrogens with one attached hydrogen (secondary N) is 2. The fourth-order valence-corrected chi connectivity index (χ4v) is 3.73. The van der Waals surface area contributed by atoms with E-state index in [1.54, 1.807) is 4.31 Å². The van der Waals surface area contributed by atoms with E-state index in [0.29, 0.717) is 25.6 Å². The summed E-state index contributed by atoms with van der Waals surface area (Å²) in [6, 6.07) is 2.06. The van der Waals surface area contributed by atoms with Crippen molar-refractivity contribution in [2.45, 2.75) is 26.3 Å². The third kappa shape index (κ3) is 7.53. The van der Waals surface area contributed by atoms with E-state index in [1.165, 1.54) is 11.8 Å². The number of sulfonamides is 1. The van der Waals surface area contributed by atoms with E-state index in [1.807, 2.05) is 24.7 Å². The van der Waals surface area contributed by atoms with Gasteiger partial charge in [0, 0.05) is 45.6 Å². The highest BCUT2D eigenvalue weighted by Gasteiger charge is 2.24. The predicted octanol–water partition coefficient (Wildman–Crippen LogP) is 1.37. The van der Waals surface area contributed by atoms with Gasteiger partial charge in [0.25, 0.3) is 0 Å². The maximum Gasteiger partial charge on any atom is 0.211 e. The van der Waals surface area contributed by atoms with Crippen LogP contribution in [0.2, 0.25) is 0 Å². The second-order valence-electron chi connectivity index (χ2n) is 6.37. The average molecular weight is 483 g/mol. The first-order valence-electron chi connectivity index (χ1n) is 8.46. The molecule has 0 radical (unpaired) electrons. The van der Waals surface area contributed by atoms with E-state index >= 15 is 0 Å². The van der Waals surface area contributed by atoms with Crippen LogP contribution in [-0.4, -0.2) is 55.7 Å². The molecule has 25 heavy (non-hydrogen) atoms. The number of nitrogens with zero attached hydrogens (tertiary/aromatic N) is 3. The van der Waals surface area contributed by atoms with Crippen LogP contribution in [-0.2, 0) is 23.6 Å². The first kappa shape index (κ1) is 22.2. The van der Waals surface area contributed by atoms with E-state index in [9.17, 15) is 8.42 Å². The molecule has 2 heterocycles. The van der Waals surface area contributed by atoms with E-state index in [4.69, 9.17) is 0 Å². The summed E-state index contributed by atoms with van der Waals surface area (Å²) in [4.78, 5) is 4.61. The zero-order valence-electron chi connectivity index (χ0n) is 15.2. The minimum atomic E-state index is -3.05. The van der Waals surface area contributed by atoms with Crippen LogP contribution in [0.3, 0.4) is 0 Å². The largest absolute Gasteiger partial charge is 0.357 e. The van der Waals surface area contributed by atoms with Gasteiger partial charge < -0.3 is 15.2 Å². The lowest BCUT2D eigenvalue weighted by Gasteiger charge is -2.30. The van der Waals surface area contributed by atoms with Crippen LogP contribution in [0.1, 0.15) is 25.3 Å². The van der Waals surface area contributed by atoms with Crippen LogP contribution in [0.25, 0.3) is 0 Å². The zero-order valence-corrected chi connectivity index (χ0v) is 18.4. The van der Waals surface area contributed by atoms with Gasteiger partial charge in [-0.25, -0.2) is 17.7 Å². The number of rotatable bonds is 6. The van der Waals surface area contributed by atoms with E-state index in [2.05, 4.69) is 27.9 Å². The molecule has 144 valence electrons. The molecule has 0 amide bonds. The van der Waals surface area contributed by atoms with Crippen LogP contribution in [0.15, 0.2) is 23.5 Å². The fourth-order valence-electron chi connectivity index (χ4n) is 2.85. The van der Waals surface area contributed by atoms with Gasteiger partial charge >= 0.3 is 0 Å². The molecule has 0 saturated carbocycles. The number of piperidine rings is 1. The molecule has 1 saturated heterocycles. The number of halogens is 1. The molecule has 0 aromatic carbocycles. The van der Waals surface area contributed by atoms with E-state index in [-0.39, 0.29) is 24.0 Å². The molecule has 1 aliphatic rings. The Bertz CT molecular complexity index is 651. The number of aromatic nitrogens is 1. The normalized spacial score (nSPS) is 17.2. The van der Waals surface area contributed by atoms with Crippen LogP contribution >= 0.6 is 24.0 Å². The first-order chi connectivity index (χ1) is 11.4. The van der Waals surface area contributed by atoms with Gasteiger partial charge in [-0.3, -0.25) is 0 Å². The van der Waals surface area contributed by atoms with Crippen molar-refractivity contribution in [2.75, 3.05) is 32.4 Å². The Morgan fingerprint density at radius 2 is 2.00 bits per heavy atom. The Morgan fingerprint density at radius 3 is 2.52 bits per heavy atom. The van der Waals surface area contributed by atoms with Crippen molar-refractivity contribution < 1.29 is 8.42 Å². The highest BCUT2D eigenvalue weighted by Crippen LogP contribution is 2.18.